The van der Waals surface area contributed by atoms with Gasteiger partial charge in [0.1, 0.15) is 41.7 Å². The van der Waals surface area contributed by atoms with E-state index in [-0.39, 0.29) is 37.5 Å². The SMILES string of the molecule is C=C[C@@H]1C[C@]1(NC(=O)[C@@H]1C[C@@H]2CN1C(=O)[C@H](C1(C)CCCCC1)NC(=O)O[C@@H]1C[C@H]1CCCCCc1c(nc3ccccc3c1OC1CC3CCC(C1)N3C)O2)C(=O)NS(=O)(=O)C1(C)CC1. The summed E-state index contributed by atoms with van der Waals surface area (Å²) in [4.78, 5) is 67.2. The third kappa shape index (κ3) is 8.55. The molecule has 2 unspecified atom stereocenters. The fraction of sp³-hybridized carbons (Fsp3) is 0.700. The first-order valence-corrected chi connectivity index (χ1v) is 26.3. The average Bonchev–Trinajstić information content (AvgIpc) is 4.25. The Morgan fingerprint density at radius 1 is 0.939 bits per heavy atom. The number of carbonyl (C=O) groups is 4. The molecule has 1 aromatic carbocycles. The number of para-hydroxylation sites is 1. The van der Waals surface area contributed by atoms with Crippen LogP contribution in [0.1, 0.15) is 135 Å². The van der Waals surface area contributed by atoms with Gasteiger partial charge in [0, 0.05) is 29.8 Å². The van der Waals surface area contributed by atoms with E-state index in [0.29, 0.717) is 50.1 Å². The second kappa shape index (κ2) is 17.3. The number of benzene rings is 1. The first-order valence-electron chi connectivity index (χ1n) is 24.9. The number of pyridine rings is 1. The summed E-state index contributed by atoms with van der Waals surface area (Å²) in [5.41, 5.74) is -0.581. The third-order valence-corrected chi connectivity index (χ3v) is 19.2. The van der Waals surface area contributed by atoms with Crippen LogP contribution in [0.4, 0.5) is 4.79 Å². The van der Waals surface area contributed by atoms with Gasteiger partial charge in [-0.15, -0.1) is 6.58 Å². The van der Waals surface area contributed by atoms with Crippen molar-refractivity contribution in [3.63, 3.8) is 0 Å². The summed E-state index contributed by atoms with van der Waals surface area (Å²) in [5, 5.41) is 6.88. The molecule has 9 atom stereocenters. The zero-order chi connectivity index (χ0) is 46.2. The molecule has 4 aliphatic carbocycles. The maximum absolute atomic E-state index is 15.4. The van der Waals surface area contributed by atoms with Crippen LogP contribution in [-0.2, 0) is 35.6 Å². The van der Waals surface area contributed by atoms with E-state index in [1.807, 2.05) is 25.1 Å². The standard InChI is InChI=1S/C50H68N6O9S/c1-5-31-28-50(31,46(59)54-66(61,62)49(3)22-23-49)53-43(57)39-27-35-29-56(39)45(58)42(48(2)20-12-7-13-21-48)52-47(60)65-40-24-30(40)14-8-6-9-16-37-41(36-15-10-11-17-38(36)51-44(37)64-35)63-34-25-32-18-19-33(26-34)55(32)4/h5,10-11,15,17,30-35,39-40,42H,1,6-9,12-14,16,18-29H2,2-4H3,(H,52,60)(H,53,57)(H,54,59)/t30-,31-,32?,33?,34?,35-,39+,40-,42-,50-/m1/s1. The highest BCUT2D eigenvalue weighted by Crippen LogP contribution is 2.48. The van der Waals surface area contributed by atoms with Crippen LogP contribution in [0.3, 0.4) is 0 Å². The molecule has 5 heterocycles. The second-order valence-electron chi connectivity index (χ2n) is 21.7. The zero-order valence-corrected chi connectivity index (χ0v) is 39.7. The number of carbonyl (C=O) groups excluding carboxylic acids is 4. The average molecular weight is 929 g/mol. The number of alkyl carbamates (subject to hydrolysis) is 1. The topological polar surface area (TPSA) is 186 Å². The van der Waals surface area contributed by atoms with Gasteiger partial charge in [-0.2, -0.15) is 0 Å². The maximum Gasteiger partial charge on any atom is 0.408 e. The predicted molar refractivity (Wildman–Crippen MR) is 247 cm³/mol. The van der Waals surface area contributed by atoms with E-state index in [2.05, 4.69) is 39.9 Å². The number of hydrogen-bond acceptors (Lipinski definition) is 11. The number of ether oxygens (including phenoxy) is 3. The van der Waals surface area contributed by atoms with Gasteiger partial charge >= 0.3 is 6.09 Å². The molecule has 0 radical (unpaired) electrons. The fourth-order valence-electron chi connectivity index (χ4n) is 12.1. The summed E-state index contributed by atoms with van der Waals surface area (Å²) < 4.78 is 47.9. The Balaban J connectivity index is 1.01. The van der Waals surface area contributed by atoms with Gasteiger partial charge in [0.15, 0.2) is 0 Å². The lowest BCUT2D eigenvalue weighted by Crippen LogP contribution is -2.61. The minimum absolute atomic E-state index is 0.00417. The molecule has 1 aromatic heterocycles. The number of aromatic nitrogens is 1. The Morgan fingerprint density at radius 3 is 2.38 bits per heavy atom. The Hall–Kier alpha value is -4.44. The Kier molecular flexibility index (Phi) is 11.9. The van der Waals surface area contributed by atoms with Crippen LogP contribution in [0, 0.1) is 17.3 Å². The number of nitrogens with one attached hydrogen (secondary N) is 3. The summed E-state index contributed by atoms with van der Waals surface area (Å²) in [5.74, 6) is -0.920. The Morgan fingerprint density at radius 2 is 1.67 bits per heavy atom. The highest BCUT2D eigenvalue weighted by atomic mass is 32.2. The lowest BCUT2D eigenvalue weighted by molar-refractivity contribution is -0.143. The first-order chi connectivity index (χ1) is 31.6. The van der Waals surface area contributed by atoms with Crippen LogP contribution in [0.5, 0.6) is 11.6 Å². The normalized spacial score (nSPS) is 35.1. The molecule has 4 aliphatic heterocycles. The molecule has 3 saturated heterocycles. The summed E-state index contributed by atoms with van der Waals surface area (Å²) in [7, 11) is -1.79. The van der Waals surface area contributed by atoms with Gasteiger partial charge in [0.05, 0.1) is 22.4 Å². The Labute approximate surface area is 388 Å². The van der Waals surface area contributed by atoms with Crippen LogP contribution in [0.25, 0.3) is 10.9 Å². The second-order valence-corrected chi connectivity index (χ2v) is 23.9. The highest BCUT2D eigenvalue weighted by Gasteiger charge is 2.63. The molecule has 10 rings (SSSR count). The van der Waals surface area contributed by atoms with Gasteiger partial charge in [0.2, 0.25) is 27.7 Å². The van der Waals surface area contributed by atoms with Crippen LogP contribution in [-0.4, -0.2) is 113 Å². The van der Waals surface area contributed by atoms with E-state index < -0.39 is 73.6 Å². The fourth-order valence-corrected chi connectivity index (χ4v) is 13.4. The number of amides is 4. The number of nitrogens with zero attached hydrogens (tertiary/aromatic N) is 3. The molecule has 15 nitrogen and oxygen atoms in total. The molecule has 7 fully saturated rings. The largest absolute Gasteiger partial charge is 0.489 e. The lowest BCUT2D eigenvalue weighted by Gasteiger charge is -2.42. The molecule has 4 saturated carbocycles. The lowest BCUT2D eigenvalue weighted by atomic mass is 9.70. The molecule has 0 spiro atoms. The van der Waals surface area contributed by atoms with Crippen molar-refractivity contribution >= 4 is 44.7 Å². The molecule has 16 heteroatoms. The van der Waals surface area contributed by atoms with Crippen molar-refractivity contribution in [1.82, 2.24) is 30.1 Å². The summed E-state index contributed by atoms with van der Waals surface area (Å²) in [6, 6.07) is 6.80. The van der Waals surface area contributed by atoms with Crippen LogP contribution < -0.4 is 24.8 Å². The molecule has 66 heavy (non-hydrogen) atoms. The zero-order valence-electron chi connectivity index (χ0n) is 38.9. The van der Waals surface area contributed by atoms with Crippen molar-refractivity contribution in [1.29, 1.82) is 0 Å². The van der Waals surface area contributed by atoms with Crippen molar-refractivity contribution in [2.45, 2.75) is 189 Å². The molecular weight excluding hydrogens is 861 g/mol. The molecular formula is C50H68N6O9S. The Bertz CT molecular complexity index is 2370. The minimum atomic E-state index is -4.01. The van der Waals surface area contributed by atoms with Gasteiger partial charge in [-0.25, -0.2) is 18.2 Å². The highest BCUT2D eigenvalue weighted by molar-refractivity contribution is 7.91. The monoisotopic (exact) mass is 928 g/mol. The van der Waals surface area contributed by atoms with E-state index in [9.17, 15) is 22.8 Å². The van der Waals surface area contributed by atoms with Gasteiger partial charge in [-0.1, -0.05) is 57.2 Å². The summed E-state index contributed by atoms with van der Waals surface area (Å²) in [6.07, 6.45) is 14.7. The van der Waals surface area contributed by atoms with Crippen LogP contribution in [0.2, 0.25) is 0 Å². The third-order valence-electron chi connectivity index (χ3n) is 17.1. The van der Waals surface area contributed by atoms with Gasteiger partial charge < -0.3 is 34.6 Å². The predicted octanol–water partition coefficient (Wildman–Crippen LogP) is 6.22. The molecule has 4 bridgehead atoms. The van der Waals surface area contributed by atoms with Crippen LogP contribution in [0.15, 0.2) is 36.9 Å². The molecule has 4 amide bonds. The number of rotatable bonds is 9. The number of piperidine rings is 1. The smallest absolute Gasteiger partial charge is 0.408 e. The van der Waals surface area contributed by atoms with Gasteiger partial charge in [-0.05, 0) is 121 Å². The van der Waals surface area contributed by atoms with E-state index in [4.69, 9.17) is 19.2 Å². The van der Waals surface area contributed by atoms with Gasteiger partial charge in [-0.3, -0.25) is 19.1 Å². The van der Waals surface area contributed by atoms with Crippen molar-refractivity contribution in [2.24, 2.45) is 17.3 Å². The van der Waals surface area contributed by atoms with Crippen molar-refractivity contribution in [2.75, 3.05) is 13.6 Å². The molecule has 358 valence electrons. The van der Waals surface area contributed by atoms with E-state index in [1.54, 1.807) is 13.0 Å². The maximum atomic E-state index is 15.4. The quantitative estimate of drug-likeness (QED) is 0.243. The molecule has 3 N–H and O–H groups in total. The van der Waals surface area contributed by atoms with Crippen LogP contribution >= 0.6 is 0 Å². The van der Waals surface area contributed by atoms with Crippen molar-refractivity contribution in [3.8, 4) is 11.6 Å². The number of fused-ring (bicyclic) bond motifs is 7. The molecule has 2 aromatic rings. The number of sulfonamides is 1. The number of hydrogen-bond donors (Lipinski definition) is 3. The summed E-state index contributed by atoms with van der Waals surface area (Å²) >= 11 is 0. The molecule has 8 aliphatic rings. The summed E-state index contributed by atoms with van der Waals surface area (Å²) in [6.45, 7) is 7.51. The van der Waals surface area contributed by atoms with Gasteiger partial charge in [0.25, 0.3) is 5.91 Å². The van der Waals surface area contributed by atoms with E-state index in [1.165, 1.54) is 17.7 Å². The first kappa shape index (κ1) is 45.3. The van der Waals surface area contributed by atoms with Crippen molar-refractivity contribution in [3.05, 3.63) is 42.5 Å². The minimum Gasteiger partial charge on any atom is -0.489 e. The van der Waals surface area contributed by atoms with Crippen molar-refractivity contribution < 1.29 is 41.8 Å². The van der Waals surface area contributed by atoms with E-state index >= 15 is 4.79 Å². The van der Waals surface area contributed by atoms with E-state index in [0.717, 1.165) is 86.4 Å².